The molecule has 0 fully saturated rings. The van der Waals surface area contributed by atoms with E-state index < -0.39 is 15.8 Å². The maximum Gasteiger partial charge on any atom is 0.271 e. The smallest absolute Gasteiger partial charge is 0.271 e. The molecule has 0 atom stereocenters. The largest absolute Gasteiger partial charge is 0.351 e. The van der Waals surface area contributed by atoms with Crippen molar-refractivity contribution in [3.05, 3.63) is 46.6 Å². The van der Waals surface area contributed by atoms with E-state index in [9.17, 15) is 17.6 Å². The Hall–Kier alpha value is -1.93. The third kappa shape index (κ3) is 4.05. The minimum Gasteiger partial charge on any atom is -0.351 e. The number of halogens is 1. The SMILES string of the molecule is CC(=O)NCc1ccc(S(=O)(=O)Nc2cc(F)ccc2C)s1. The van der Waals surface area contributed by atoms with Gasteiger partial charge in [-0.1, -0.05) is 6.07 Å². The fourth-order valence-corrected chi connectivity index (χ4v) is 4.13. The third-order valence-corrected chi connectivity index (χ3v) is 5.80. The Morgan fingerprint density at radius 3 is 2.68 bits per heavy atom. The first kappa shape index (κ1) is 16.4. The minimum atomic E-state index is -3.78. The molecular formula is C14H15FN2O3S2. The fourth-order valence-electron chi connectivity index (χ4n) is 1.71. The van der Waals surface area contributed by atoms with Gasteiger partial charge in [-0.15, -0.1) is 11.3 Å². The lowest BCUT2D eigenvalue weighted by atomic mass is 10.2. The minimum absolute atomic E-state index is 0.108. The van der Waals surface area contributed by atoms with Crippen molar-refractivity contribution >= 4 is 33.0 Å². The number of carbonyl (C=O) groups excluding carboxylic acids is 1. The molecule has 118 valence electrons. The van der Waals surface area contributed by atoms with E-state index in [1.54, 1.807) is 13.0 Å². The first-order valence-electron chi connectivity index (χ1n) is 6.40. The van der Waals surface area contributed by atoms with Crippen molar-refractivity contribution in [1.29, 1.82) is 0 Å². The lowest BCUT2D eigenvalue weighted by Gasteiger charge is -2.09. The van der Waals surface area contributed by atoms with E-state index in [1.807, 2.05) is 0 Å². The number of carbonyl (C=O) groups is 1. The van der Waals surface area contributed by atoms with Crippen molar-refractivity contribution in [1.82, 2.24) is 5.32 Å². The molecule has 0 spiro atoms. The molecule has 1 amide bonds. The molecule has 22 heavy (non-hydrogen) atoms. The molecule has 2 rings (SSSR count). The van der Waals surface area contributed by atoms with Crippen molar-refractivity contribution in [2.24, 2.45) is 0 Å². The van der Waals surface area contributed by atoms with Crippen LogP contribution in [0.5, 0.6) is 0 Å². The highest BCUT2D eigenvalue weighted by molar-refractivity contribution is 7.94. The highest BCUT2D eigenvalue weighted by Crippen LogP contribution is 2.25. The fraction of sp³-hybridized carbons (Fsp3) is 0.214. The molecule has 0 aliphatic carbocycles. The Kier molecular flexibility index (Phi) is 4.82. The molecule has 0 unspecified atom stereocenters. The molecular weight excluding hydrogens is 327 g/mol. The van der Waals surface area contributed by atoms with Gasteiger partial charge < -0.3 is 5.32 Å². The second-order valence-corrected chi connectivity index (χ2v) is 7.77. The summed E-state index contributed by atoms with van der Waals surface area (Å²) in [6, 6.07) is 7.00. The molecule has 1 aromatic carbocycles. The van der Waals surface area contributed by atoms with Crippen LogP contribution in [0.2, 0.25) is 0 Å². The molecule has 0 radical (unpaired) electrons. The van der Waals surface area contributed by atoms with Gasteiger partial charge in [-0.3, -0.25) is 9.52 Å². The van der Waals surface area contributed by atoms with E-state index in [0.29, 0.717) is 10.4 Å². The van der Waals surface area contributed by atoms with Crippen LogP contribution in [0, 0.1) is 12.7 Å². The monoisotopic (exact) mass is 342 g/mol. The van der Waals surface area contributed by atoms with Crippen LogP contribution in [0.1, 0.15) is 17.4 Å². The summed E-state index contributed by atoms with van der Waals surface area (Å²) in [5, 5.41) is 2.60. The number of thiophene rings is 1. The number of anilines is 1. The predicted octanol–water partition coefficient (Wildman–Crippen LogP) is 2.63. The summed E-state index contributed by atoms with van der Waals surface area (Å²) < 4.78 is 40.3. The maximum atomic E-state index is 13.2. The van der Waals surface area contributed by atoms with Gasteiger partial charge in [-0.2, -0.15) is 0 Å². The van der Waals surface area contributed by atoms with Gasteiger partial charge in [0.2, 0.25) is 5.91 Å². The summed E-state index contributed by atoms with van der Waals surface area (Å²) in [5.41, 5.74) is 0.830. The van der Waals surface area contributed by atoms with Gasteiger partial charge in [0.05, 0.1) is 12.2 Å². The zero-order valence-corrected chi connectivity index (χ0v) is 13.6. The molecule has 0 bridgehead atoms. The Morgan fingerprint density at radius 2 is 2.00 bits per heavy atom. The van der Waals surface area contributed by atoms with Crippen LogP contribution in [0.25, 0.3) is 0 Å². The van der Waals surface area contributed by atoms with E-state index in [1.165, 1.54) is 25.1 Å². The van der Waals surface area contributed by atoms with Gasteiger partial charge in [0.25, 0.3) is 10.0 Å². The number of hydrogen-bond acceptors (Lipinski definition) is 4. The summed E-state index contributed by atoms with van der Waals surface area (Å²) in [4.78, 5) is 11.6. The van der Waals surface area contributed by atoms with Crippen LogP contribution in [0.4, 0.5) is 10.1 Å². The average Bonchev–Trinajstić information content (AvgIpc) is 2.90. The van der Waals surface area contributed by atoms with Crippen molar-refractivity contribution in [3.63, 3.8) is 0 Å². The van der Waals surface area contributed by atoms with Gasteiger partial charge in [0.1, 0.15) is 10.0 Å². The second kappa shape index (κ2) is 6.45. The second-order valence-electron chi connectivity index (χ2n) is 4.70. The summed E-state index contributed by atoms with van der Waals surface area (Å²) in [7, 11) is -3.78. The van der Waals surface area contributed by atoms with Gasteiger partial charge in [0.15, 0.2) is 0 Å². The lowest BCUT2D eigenvalue weighted by molar-refractivity contribution is -0.119. The normalized spacial score (nSPS) is 11.2. The maximum absolute atomic E-state index is 13.2. The molecule has 1 aromatic heterocycles. The van der Waals surface area contributed by atoms with Crippen LogP contribution >= 0.6 is 11.3 Å². The van der Waals surface area contributed by atoms with E-state index in [2.05, 4.69) is 10.0 Å². The van der Waals surface area contributed by atoms with Crippen LogP contribution in [0.3, 0.4) is 0 Å². The van der Waals surface area contributed by atoms with Crippen molar-refractivity contribution in [2.75, 3.05) is 4.72 Å². The van der Waals surface area contributed by atoms with E-state index >= 15 is 0 Å². The Balaban J connectivity index is 2.20. The van der Waals surface area contributed by atoms with Gasteiger partial charge in [0, 0.05) is 11.8 Å². The third-order valence-electron chi connectivity index (χ3n) is 2.86. The van der Waals surface area contributed by atoms with E-state index in [0.717, 1.165) is 17.4 Å². The van der Waals surface area contributed by atoms with E-state index in [4.69, 9.17) is 0 Å². The number of sulfonamides is 1. The molecule has 2 N–H and O–H groups in total. The van der Waals surface area contributed by atoms with Crippen LogP contribution < -0.4 is 10.0 Å². The molecule has 8 heteroatoms. The van der Waals surface area contributed by atoms with Crippen molar-refractivity contribution < 1.29 is 17.6 Å². The predicted molar refractivity (Wildman–Crippen MR) is 83.8 cm³/mol. The van der Waals surface area contributed by atoms with Gasteiger partial charge in [-0.25, -0.2) is 12.8 Å². The van der Waals surface area contributed by atoms with Crippen molar-refractivity contribution in [2.45, 2.75) is 24.6 Å². The quantitative estimate of drug-likeness (QED) is 0.877. The number of hydrogen-bond donors (Lipinski definition) is 2. The van der Waals surface area contributed by atoms with Gasteiger partial charge >= 0.3 is 0 Å². The zero-order valence-electron chi connectivity index (χ0n) is 12.0. The molecule has 2 aromatic rings. The number of amides is 1. The zero-order chi connectivity index (χ0) is 16.3. The Morgan fingerprint density at radius 1 is 1.27 bits per heavy atom. The molecule has 5 nitrogen and oxygen atoms in total. The molecule has 0 saturated heterocycles. The first-order chi connectivity index (χ1) is 10.3. The summed E-state index contributed by atoms with van der Waals surface area (Å²) >= 11 is 1.05. The highest BCUT2D eigenvalue weighted by atomic mass is 32.2. The topological polar surface area (TPSA) is 75.3 Å². The number of aryl methyl sites for hydroxylation is 1. The number of benzene rings is 1. The number of rotatable bonds is 5. The first-order valence-corrected chi connectivity index (χ1v) is 8.70. The Labute approximate surface area is 132 Å². The average molecular weight is 342 g/mol. The summed E-state index contributed by atoms with van der Waals surface area (Å²) in [6.07, 6.45) is 0. The lowest BCUT2D eigenvalue weighted by Crippen LogP contribution is -2.18. The Bertz CT molecular complexity index is 800. The molecule has 0 saturated carbocycles. The highest BCUT2D eigenvalue weighted by Gasteiger charge is 2.18. The van der Waals surface area contributed by atoms with Crippen molar-refractivity contribution in [3.8, 4) is 0 Å². The van der Waals surface area contributed by atoms with Crippen LogP contribution in [-0.2, 0) is 21.4 Å². The van der Waals surface area contributed by atoms with Crippen LogP contribution in [-0.4, -0.2) is 14.3 Å². The molecule has 0 aliphatic rings. The number of nitrogens with one attached hydrogen (secondary N) is 2. The van der Waals surface area contributed by atoms with Gasteiger partial charge in [-0.05, 0) is 36.8 Å². The van der Waals surface area contributed by atoms with Crippen LogP contribution in [0.15, 0.2) is 34.5 Å². The van der Waals surface area contributed by atoms with E-state index in [-0.39, 0.29) is 22.3 Å². The molecule has 1 heterocycles. The summed E-state index contributed by atoms with van der Waals surface area (Å²) in [6.45, 7) is 3.35. The standard InChI is InChI=1S/C14H15FN2O3S2/c1-9-3-4-11(15)7-13(9)17-22(19,20)14-6-5-12(21-14)8-16-10(2)18/h3-7,17H,8H2,1-2H3,(H,16,18). The molecule has 0 aliphatic heterocycles. The summed E-state index contributed by atoms with van der Waals surface area (Å²) in [5.74, 6) is -0.702.